The lowest BCUT2D eigenvalue weighted by Crippen LogP contribution is -2.54. The van der Waals surface area contributed by atoms with Crippen LogP contribution in [0.15, 0.2) is 50.5 Å². The Balaban J connectivity index is 0.000000646. The first kappa shape index (κ1) is 26.2. The molecule has 3 N–H and O–H groups in total. The highest BCUT2D eigenvalue weighted by atomic mass is 32.2. The molecule has 0 spiro atoms. The number of carboxylic acid groups (broad SMARTS) is 1. The zero-order valence-corrected chi connectivity index (χ0v) is 22.3. The van der Waals surface area contributed by atoms with Crippen LogP contribution in [0.25, 0.3) is 22.7 Å². The fourth-order valence-electron chi connectivity index (χ4n) is 3.62. The number of ether oxygens (including phenoxy) is 1. The summed E-state index contributed by atoms with van der Waals surface area (Å²) in [6, 6.07) is 5.82. The first-order valence-corrected chi connectivity index (χ1v) is 12.9. The van der Waals surface area contributed by atoms with Gasteiger partial charge in [-0.1, -0.05) is 5.16 Å². The fraction of sp³-hybridized carbons (Fsp3) is 0.375. The number of nitrogens with zero attached hydrogens (tertiary/aromatic N) is 5. The summed E-state index contributed by atoms with van der Waals surface area (Å²) in [6.45, 7) is 1.76. The molecule has 2 aromatic heterocycles. The van der Waals surface area contributed by atoms with Gasteiger partial charge in [0.25, 0.3) is 0 Å². The van der Waals surface area contributed by atoms with Crippen LogP contribution in [0.4, 0.5) is 17.6 Å². The highest BCUT2D eigenvalue weighted by Gasteiger charge is 2.47. The van der Waals surface area contributed by atoms with Gasteiger partial charge >= 0.3 is 12.1 Å². The van der Waals surface area contributed by atoms with E-state index in [4.69, 9.17) is 29.0 Å². The number of carboxylic acids is 1. The van der Waals surface area contributed by atoms with Gasteiger partial charge in [-0.15, -0.1) is 0 Å². The number of hydrogen-bond donors (Lipinski definition) is 2. The maximum absolute atomic E-state index is 15.1. The third kappa shape index (κ3) is 5.90. The van der Waals surface area contributed by atoms with Crippen LogP contribution in [0.3, 0.4) is 0 Å². The monoisotopic (exact) mass is 589 g/mol. The number of hydrogen-bond acceptors (Lipinski definition) is 10. The Labute approximate surface area is 230 Å². The Morgan fingerprint density at radius 2 is 1.90 bits per heavy atom. The van der Waals surface area contributed by atoms with E-state index in [1.807, 2.05) is 0 Å². The van der Waals surface area contributed by atoms with Crippen LogP contribution < -0.4 is 10.5 Å². The molecule has 0 amide bonds. The summed E-state index contributed by atoms with van der Waals surface area (Å²) in [6.07, 6.45) is -2.17. The number of carbonyl (C=O) groups is 1. The van der Waals surface area contributed by atoms with Gasteiger partial charge in [-0.3, -0.25) is 4.99 Å². The molecule has 1 aromatic carbocycles. The highest BCUT2D eigenvalue weighted by molar-refractivity contribution is 7.95. The zero-order chi connectivity index (χ0) is 32.6. The van der Waals surface area contributed by atoms with Gasteiger partial charge in [0.15, 0.2) is 5.76 Å². The second-order valence-corrected chi connectivity index (χ2v) is 11.9. The first-order valence-electron chi connectivity index (χ1n) is 12.7. The van der Waals surface area contributed by atoms with Crippen molar-refractivity contribution in [1.82, 2.24) is 15.1 Å². The standard InChI is InChI=1S/C22H25FN6O3S.C2HF3O2/c1-21(2)20(24)28-22(3,12-33(21,30)25-4)14-8-13(6-7-15(14)23)18-9-16(29-32-18)17-10-27-19(31-5)11-26-17;3-2(4,5)1(6)7/h6-11H,12H2,1-5H3,(H2,24,28);(H,6,7)/t22-,33+;/m0./s1/i4D3;. The Hall–Kier alpha value is -4.08. The summed E-state index contributed by atoms with van der Waals surface area (Å²) >= 11 is 0. The number of halogens is 4. The largest absolute Gasteiger partial charge is 0.490 e. The molecular formula is C24H26F4N6O5S. The van der Waals surface area contributed by atoms with E-state index in [1.54, 1.807) is 13.0 Å². The number of aliphatic carboxylic acids is 1. The van der Waals surface area contributed by atoms with E-state index < -0.39 is 45.0 Å². The van der Waals surface area contributed by atoms with Gasteiger partial charge in [-0.2, -0.15) is 13.2 Å². The molecule has 2 atom stereocenters. The van der Waals surface area contributed by atoms with Crippen molar-refractivity contribution >= 4 is 21.5 Å². The molecule has 0 saturated heterocycles. The Kier molecular flexibility index (Phi) is 7.08. The van der Waals surface area contributed by atoms with Gasteiger partial charge in [-0.05, 0) is 39.0 Å². The van der Waals surface area contributed by atoms with Crippen LogP contribution in [0, 0.1) is 5.82 Å². The van der Waals surface area contributed by atoms with Crippen LogP contribution in [-0.2, 0) is 20.1 Å². The van der Waals surface area contributed by atoms with Crippen molar-refractivity contribution < 1.29 is 45.0 Å². The molecule has 1 aliphatic rings. The topological polar surface area (TPSA) is 166 Å². The molecule has 1 aliphatic heterocycles. The van der Waals surface area contributed by atoms with Crippen LogP contribution in [-0.4, -0.2) is 67.0 Å². The molecule has 3 heterocycles. The van der Waals surface area contributed by atoms with Crippen LogP contribution in [0.2, 0.25) is 0 Å². The van der Waals surface area contributed by atoms with E-state index in [0.29, 0.717) is 28.6 Å². The second kappa shape index (κ2) is 10.8. The average molecular weight is 590 g/mol. The first-order chi connectivity index (χ1) is 19.6. The number of benzene rings is 1. The quantitative estimate of drug-likeness (QED) is 0.427. The van der Waals surface area contributed by atoms with Crippen molar-refractivity contribution in [2.75, 3.05) is 19.8 Å². The number of rotatable bonds is 4. The summed E-state index contributed by atoms with van der Waals surface area (Å²) in [5.74, 6) is -3.14. The number of aromatic nitrogens is 3. The minimum Gasteiger partial charge on any atom is -0.480 e. The van der Waals surface area contributed by atoms with Crippen LogP contribution in [0.5, 0.6) is 5.88 Å². The van der Waals surface area contributed by atoms with Crippen molar-refractivity contribution in [3.05, 3.63) is 48.0 Å². The van der Waals surface area contributed by atoms with Gasteiger partial charge in [0.2, 0.25) is 5.88 Å². The number of methoxy groups -OCH3 is 1. The zero-order valence-electron chi connectivity index (χ0n) is 24.5. The SMILES string of the molecule is O=C(O)C(F)(F)F.[2H]C([2H])([2H])N=[S@@]1(=O)C[C@@](C)(c2cc(-c3cc(-c4cnc(OC)cn4)no3)ccc2F)N=C(N)C1(C)C. The van der Waals surface area contributed by atoms with Gasteiger partial charge in [0.1, 0.15) is 33.3 Å². The molecule has 4 rings (SSSR count). The number of nitrogens with two attached hydrogens (primary N) is 1. The molecule has 16 heteroatoms. The summed E-state index contributed by atoms with van der Waals surface area (Å²) in [5.41, 5.74) is 6.08. The molecule has 40 heavy (non-hydrogen) atoms. The number of alkyl halides is 3. The van der Waals surface area contributed by atoms with Crippen molar-refractivity contribution in [2.24, 2.45) is 15.1 Å². The molecular weight excluding hydrogens is 560 g/mol. The van der Waals surface area contributed by atoms with Gasteiger partial charge < -0.3 is 20.1 Å². The third-order valence-corrected chi connectivity index (χ3v) is 9.14. The normalized spacial score (nSPS) is 23.4. The maximum atomic E-state index is 15.1. The molecule has 0 unspecified atom stereocenters. The minimum atomic E-state index is -5.08. The lowest BCUT2D eigenvalue weighted by molar-refractivity contribution is -0.192. The second-order valence-electron chi connectivity index (χ2n) is 9.18. The smallest absolute Gasteiger partial charge is 0.480 e. The molecule has 0 fully saturated rings. The van der Waals surface area contributed by atoms with Crippen molar-refractivity contribution in [2.45, 2.75) is 37.2 Å². The molecule has 11 nitrogen and oxygen atoms in total. The lowest BCUT2D eigenvalue weighted by Gasteiger charge is -2.40. The van der Waals surface area contributed by atoms with Crippen molar-refractivity contribution in [3.63, 3.8) is 0 Å². The van der Waals surface area contributed by atoms with Crippen molar-refractivity contribution in [3.8, 4) is 28.6 Å². The maximum Gasteiger partial charge on any atom is 0.490 e. The van der Waals surface area contributed by atoms with E-state index in [9.17, 15) is 17.4 Å². The van der Waals surface area contributed by atoms with E-state index in [-0.39, 0.29) is 17.2 Å². The third-order valence-electron chi connectivity index (χ3n) is 6.09. The average Bonchev–Trinajstić information content (AvgIpc) is 3.37. The van der Waals surface area contributed by atoms with E-state index in [2.05, 4.69) is 24.5 Å². The number of amidine groups is 1. The van der Waals surface area contributed by atoms with Gasteiger partial charge in [0, 0.05) is 28.3 Å². The lowest BCUT2D eigenvalue weighted by atomic mass is 9.91. The van der Waals surface area contributed by atoms with E-state index in [0.717, 1.165) is 0 Å². The summed E-state index contributed by atoms with van der Waals surface area (Å²) in [5, 5.41) is 11.1. The van der Waals surface area contributed by atoms with Gasteiger partial charge in [-0.25, -0.2) is 27.7 Å². The Morgan fingerprint density at radius 3 is 2.45 bits per heavy atom. The van der Waals surface area contributed by atoms with Crippen LogP contribution >= 0.6 is 0 Å². The molecule has 0 aliphatic carbocycles. The highest BCUT2D eigenvalue weighted by Crippen LogP contribution is 2.40. The van der Waals surface area contributed by atoms with Crippen LogP contribution in [0.1, 0.15) is 30.4 Å². The summed E-state index contributed by atoms with van der Waals surface area (Å²) in [4.78, 5) is 21.7. The molecule has 216 valence electrons. The fourth-order valence-corrected chi connectivity index (χ4v) is 5.63. The molecule has 0 saturated carbocycles. The molecule has 0 bridgehead atoms. The summed E-state index contributed by atoms with van der Waals surface area (Å²) in [7, 11) is -2.01. The predicted octanol–water partition coefficient (Wildman–Crippen LogP) is 4.04. The minimum absolute atomic E-state index is 0.0640. The predicted molar refractivity (Wildman–Crippen MR) is 138 cm³/mol. The summed E-state index contributed by atoms with van der Waals surface area (Å²) < 4.78 is 96.2. The molecule has 3 aromatic rings. The number of aliphatic imine (C=N–C) groups is 1. The van der Waals surface area contributed by atoms with E-state index >= 15 is 4.39 Å². The Bertz CT molecular complexity index is 1670. The Morgan fingerprint density at radius 1 is 1.23 bits per heavy atom. The van der Waals surface area contributed by atoms with Crippen molar-refractivity contribution in [1.29, 1.82) is 0 Å². The molecule has 0 radical (unpaired) electrons. The van der Waals surface area contributed by atoms with Gasteiger partial charge in [0.05, 0.1) is 35.0 Å². The van der Waals surface area contributed by atoms with E-state index in [1.165, 1.54) is 51.6 Å².